The van der Waals surface area contributed by atoms with Gasteiger partial charge in [-0.1, -0.05) is 26.0 Å². The maximum Gasteiger partial charge on any atom is 0.291 e. The van der Waals surface area contributed by atoms with Gasteiger partial charge in [-0.3, -0.25) is 9.69 Å². The molecule has 0 bridgehead atoms. The number of hydrogen-bond acceptors (Lipinski definition) is 6. The van der Waals surface area contributed by atoms with Crippen molar-refractivity contribution >= 4 is 5.91 Å². The van der Waals surface area contributed by atoms with Crippen molar-refractivity contribution in [3.63, 3.8) is 0 Å². The molecular weight excluding hydrogens is 466 g/mol. The van der Waals surface area contributed by atoms with Crippen molar-refractivity contribution in [1.29, 1.82) is 5.26 Å². The number of hydrogen-bond donors (Lipinski definition) is 3. The van der Waals surface area contributed by atoms with E-state index in [1.165, 1.54) is 11.8 Å². The number of carbonyl (C=O) groups is 1. The number of imidazole rings is 1. The minimum atomic E-state index is -0.739. The minimum absolute atomic E-state index is 0.0124. The second-order valence-corrected chi connectivity index (χ2v) is 11.8. The van der Waals surface area contributed by atoms with E-state index >= 15 is 0 Å². The number of H-pyrrole nitrogens is 1. The number of allylic oxidation sites excluding steroid dienone is 4. The van der Waals surface area contributed by atoms with Crippen molar-refractivity contribution < 1.29 is 14.6 Å². The van der Waals surface area contributed by atoms with Crippen LogP contribution >= 0.6 is 0 Å². The lowest BCUT2D eigenvalue weighted by Gasteiger charge is -2.45. The van der Waals surface area contributed by atoms with Gasteiger partial charge in [-0.05, 0) is 74.0 Å². The Balaban J connectivity index is 1.33. The van der Waals surface area contributed by atoms with Crippen molar-refractivity contribution in [2.24, 2.45) is 11.3 Å². The minimum Gasteiger partial charge on any atom is -0.389 e. The van der Waals surface area contributed by atoms with Crippen LogP contribution < -0.4 is 5.32 Å². The first-order valence-electron chi connectivity index (χ1n) is 13.7. The smallest absolute Gasteiger partial charge is 0.291 e. The number of nitrogens with one attached hydrogen (secondary N) is 2. The highest BCUT2D eigenvalue weighted by Crippen LogP contribution is 2.45. The standard InChI is InChI=1S/C29H39N5O3/c1-28(2)9-5-20(6-10-28)24-17-21(3-4-25(24)33-27(35)26-31-19-22(18-30)32-26)29(36)11-7-23(8-12-29)34-13-15-37-16-14-34/h3-5,19,21,23,36H,6-17H2,1-2H3,(H,31,32)(H,33,35)/t21?,23-,29+. The molecule has 1 saturated carbocycles. The highest BCUT2D eigenvalue weighted by atomic mass is 16.5. The molecule has 8 heteroatoms. The first-order valence-corrected chi connectivity index (χ1v) is 13.7. The summed E-state index contributed by atoms with van der Waals surface area (Å²) in [6, 6.07) is 2.47. The van der Waals surface area contributed by atoms with Crippen LogP contribution in [0.15, 0.2) is 41.3 Å². The van der Waals surface area contributed by atoms with Crippen LogP contribution in [0.1, 0.15) is 81.5 Å². The van der Waals surface area contributed by atoms with Gasteiger partial charge in [0.15, 0.2) is 11.5 Å². The van der Waals surface area contributed by atoms with Gasteiger partial charge in [-0.25, -0.2) is 4.98 Å². The lowest BCUT2D eigenvalue weighted by molar-refractivity contribution is -0.0637. The number of ether oxygens (including phenoxy) is 1. The summed E-state index contributed by atoms with van der Waals surface area (Å²) in [5.74, 6) is -0.227. The molecule has 1 saturated heterocycles. The first-order chi connectivity index (χ1) is 17.8. The fourth-order valence-electron chi connectivity index (χ4n) is 6.31. The summed E-state index contributed by atoms with van der Waals surface area (Å²) < 4.78 is 5.52. The molecule has 3 N–H and O–H groups in total. The summed E-state index contributed by atoms with van der Waals surface area (Å²) in [7, 11) is 0. The fourth-order valence-corrected chi connectivity index (χ4v) is 6.31. The van der Waals surface area contributed by atoms with Crippen LogP contribution in [0.3, 0.4) is 0 Å². The van der Waals surface area contributed by atoms with Gasteiger partial charge >= 0.3 is 0 Å². The molecule has 1 aromatic rings. The molecule has 1 amide bonds. The van der Waals surface area contributed by atoms with Gasteiger partial charge in [-0.2, -0.15) is 5.26 Å². The third-order valence-electron chi connectivity index (χ3n) is 8.83. The van der Waals surface area contributed by atoms with Crippen LogP contribution in [0.2, 0.25) is 0 Å². The average Bonchev–Trinajstić information content (AvgIpc) is 3.40. The average molecular weight is 506 g/mol. The molecule has 5 rings (SSSR count). The summed E-state index contributed by atoms with van der Waals surface area (Å²) in [4.78, 5) is 22.3. The Bertz CT molecular complexity index is 1140. The molecular formula is C29H39N5O3. The highest BCUT2D eigenvalue weighted by Gasteiger charge is 2.42. The predicted molar refractivity (Wildman–Crippen MR) is 140 cm³/mol. The maximum absolute atomic E-state index is 12.9. The van der Waals surface area contributed by atoms with E-state index in [0.29, 0.717) is 12.5 Å². The van der Waals surface area contributed by atoms with Gasteiger partial charge in [-0.15, -0.1) is 0 Å². The van der Waals surface area contributed by atoms with E-state index in [4.69, 9.17) is 10.00 Å². The lowest BCUT2D eigenvalue weighted by Crippen LogP contribution is -2.50. The van der Waals surface area contributed by atoms with E-state index in [1.54, 1.807) is 0 Å². The molecule has 1 aromatic heterocycles. The second-order valence-electron chi connectivity index (χ2n) is 11.8. The van der Waals surface area contributed by atoms with E-state index in [9.17, 15) is 9.90 Å². The summed E-state index contributed by atoms with van der Waals surface area (Å²) in [6.07, 6.45) is 15.1. The van der Waals surface area contributed by atoms with Crippen molar-refractivity contribution in [2.45, 2.75) is 76.9 Å². The number of nitrogens with zero attached hydrogens (tertiary/aromatic N) is 3. The zero-order valence-electron chi connectivity index (χ0n) is 22.1. The zero-order chi connectivity index (χ0) is 26.0. The Kier molecular flexibility index (Phi) is 7.39. The van der Waals surface area contributed by atoms with E-state index in [2.05, 4.69) is 46.2 Å². The monoisotopic (exact) mass is 505 g/mol. The van der Waals surface area contributed by atoms with Crippen molar-refractivity contribution in [3.05, 3.63) is 52.8 Å². The molecule has 37 heavy (non-hydrogen) atoms. The van der Waals surface area contributed by atoms with Crippen LogP contribution in [0.4, 0.5) is 0 Å². The number of carbonyl (C=O) groups excluding carboxylic acids is 1. The number of morpholine rings is 1. The predicted octanol–water partition coefficient (Wildman–Crippen LogP) is 3.98. The zero-order valence-corrected chi connectivity index (χ0v) is 22.1. The topological polar surface area (TPSA) is 114 Å². The van der Waals surface area contributed by atoms with Crippen LogP contribution in [-0.2, 0) is 4.74 Å². The number of aromatic nitrogens is 2. The number of aliphatic hydroxyl groups is 1. The molecule has 0 radical (unpaired) electrons. The van der Waals surface area contributed by atoms with Gasteiger partial charge in [0.2, 0.25) is 0 Å². The lowest BCUT2D eigenvalue weighted by atomic mass is 9.68. The van der Waals surface area contributed by atoms with E-state index in [1.807, 2.05) is 12.1 Å². The van der Waals surface area contributed by atoms with Crippen LogP contribution in [0.5, 0.6) is 0 Å². The van der Waals surface area contributed by atoms with E-state index in [-0.39, 0.29) is 28.8 Å². The maximum atomic E-state index is 12.9. The van der Waals surface area contributed by atoms with E-state index in [0.717, 1.165) is 82.5 Å². The molecule has 4 aliphatic rings. The number of nitriles is 1. The van der Waals surface area contributed by atoms with E-state index < -0.39 is 5.60 Å². The van der Waals surface area contributed by atoms with Gasteiger partial charge in [0, 0.05) is 36.9 Å². The molecule has 0 aromatic carbocycles. The molecule has 1 aliphatic heterocycles. The van der Waals surface area contributed by atoms with Crippen LogP contribution in [0, 0.1) is 22.7 Å². The van der Waals surface area contributed by atoms with Gasteiger partial charge in [0.05, 0.1) is 18.8 Å². The summed E-state index contributed by atoms with van der Waals surface area (Å²) in [5, 5.41) is 23.9. The Morgan fingerprint density at radius 1 is 1.27 bits per heavy atom. The third-order valence-corrected chi connectivity index (χ3v) is 8.83. The number of rotatable bonds is 5. The third kappa shape index (κ3) is 5.74. The largest absolute Gasteiger partial charge is 0.389 e. The molecule has 8 nitrogen and oxygen atoms in total. The molecule has 0 spiro atoms. The summed E-state index contributed by atoms with van der Waals surface area (Å²) in [6.45, 7) is 8.16. The molecule has 1 unspecified atom stereocenters. The van der Waals surface area contributed by atoms with Crippen molar-refractivity contribution in [2.75, 3.05) is 26.3 Å². The van der Waals surface area contributed by atoms with Gasteiger partial charge < -0.3 is 20.1 Å². The first kappa shape index (κ1) is 25.9. The number of aromatic amines is 1. The molecule has 1 atom stereocenters. The quantitative estimate of drug-likeness (QED) is 0.558. The van der Waals surface area contributed by atoms with Gasteiger partial charge in [0.25, 0.3) is 5.91 Å². The van der Waals surface area contributed by atoms with Gasteiger partial charge in [0.1, 0.15) is 6.07 Å². The Labute approximate surface area is 219 Å². The molecule has 198 valence electrons. The Morgan fingerprint density at radius 2 is 2.03 bits per heavy atom. The molecule has 3 aliphatic carbocycles. The van der Waals surface area contributed by atoms with Crippen LogP contribution in [-0.4, -0.2) is 63.8 Å². The normalized spacial score (nSPS) is 30.5. The SMILES string of the molecule is CC1(C)CC=C(C2=C(NC(=O)c3nc(C#N)c[nH]3)C=CC([C@]3(O)CC[C@@H](N4CCOCC4)CC3)C2)CC1. The molecule has 2 fully saturated rings. The Hall–Kier alpha value is -2.73. The second kappa shape index (κ2) is 10.6. The van der Waals surface area contributed by atoms with Crippen molar-refractivity contribution in [1.82, 2.24) is 20.2 Å². The van der Waals surface area contributed by atoms with Crippen LogP contribution in [0.25, 0.3) is 0 Å². The molecule has 2 heterocycles. The van der Waals surface area contributed by atoms with Crippen molar-refractivity contribution in [3.8, 4) is 6.07 Å². The summed E-state index contributed by atoms with van der Waals surface area (Å²) >= 11 is 0. The fraction of sp³-hybridized carbons (Fsp3) is 0.621. The number of amides is 1. The highest BCUT2D eigenvalue weighted by molar-refractivity contribution is 5.92. The summed E-state index contributed by atoms with van der Waals surface area (Å²) in [5.41, 5.74) is 2.88. The Morgan fingerprint density at radius 3 is 2.68 bits per heavy atom.